The molecule has 0 fully saturated rings. The van der Waals surface area contributed by atoms with E-state index in [0.717, 1.165) is 11.3 Å². The molecule has 0 aliphatic heterocycles. The van der Waals surface area contributed by atoms with Crippen LogP contribution in [-0.2, 0) is 5.75 Å². The molecule has 118 valence electrons. The molecule has 2 aromatic rings. The van der Waals surface area contributed by atoms with Crippen molar-refractivity contribution in [1.82, 2.24) is 0 Å². The van der Waals surface area contributed by atoms with E-state index in [2.05, 4.69) is 10.2 Å². The second kappa shape index (κ2) is 8.14. The molecule has 0 radical (unpaired) electrons. The summed E-state index contributed by atoms with van der Waals surface area (Å²) in [5.41, 5.74) is 8.57. The van der Waals surface area contributed by atoms with Crippen LogP contribution in [0.25, 0.3) is 0 Å². The van der Waals surface area contributed by atoms with Gasteiger partial charge in [0.1, 0.15) is 0 Å². The van der Waals surface area contributed by atoms with Gasteiger partial charge in [0.15, 0.2) is 5.17 Å². The molecule has 3 N–H and O–H groups in total. The van der Waals surface area contributed by atoms with E-state index < -0.39 is 5.97 Å². The fourth-order valence-electron chi connectivity index (χ4n) is 1.86. The van der Waals surface area contributed by atoms with Gasteiger partial charge in [0, 0.05) is 5.75 Å². The van der Waals surface area contributed by atoms with Crippen LogP contribution >= 0.6 is 11.8 Å². The Hall–Kier alpha value is -2.60. The third kappa shape index (κ3) is 5.27. The largest absolute Gasteiger partial charge is 0.478 e. The van der Waals surface area contributed by atoms with Crippen LogP contribution in [0.1, 0.15) is 27.0 Å². The third-order valence-corrected chi connectivity index (χ3v) is 3.94. The highest BCUT2D eigenvalue weighted by atomic mass is 32.2. The molecule has 0 atom stereocenters. The zero-order chi connectivity index (χ0) is 16.7. The molecule has 0 spiro atoms. The molecular formula is C17H17N3O2S. The fraction of sp³-hybridized carbons (Fsp3) is 0.118. The van der Waals surface area contributed by atoms with Crippen LogP contribution in [0.4, 0.5) is 0 Å². The van der Waals surface area contributed by atoms with E-state index in [9.17, 15) is 4.79 Å². The summed E-state index contributed by atoms with van der Waals surface area (Å²) in [4.78, 5) is 11.1. The summed E-state index contributed by atoms with van der Waals surface area (Å²) in [6, 6.07) is 15.0. The van der Waals surface area contributed by atoms with Gasteiger partial charge >= 0.3 is 5.97 Å². The monoisotopic (exact) mass is 327 g/mol. The Morgan fingerprint density at radius 3 is 2.70 bits per heavy atom. The molecule has 0 heterocycles. The van der Waals surface area contributed by atoms with E-state index in [-0.39, 0.29) is 5.56 Å². The van der Waals surface area contributed by atoms with Gasteiger partial charge in [-0.3, -0.25) is 0 Å². The zero-order valence-electron chi connectivity index (χ0n) is 12.6. The second-order valence-electron chi connectivity index (χ2n) is 4.84. The summed E-state index contributed by atoms with van der Waals surface area (Å²) in [7, 11) is 0. The first-order valence-electron chi connectivity index (χ1n) is 6.93. The molecule has 0 aliphatic rings. The van der Waals surface area contributed by atoms with Crippen LogP contribution in [-0.4, -0.2) is 22.5 Å². The summed E-state index contributed by atoms with van der Waals surface area (Å²) in [5.74, 6) is -0.237. The van der Waals surface area contributed by atoms with Gasteiger partial charge in [-0.15, -0.1) is 5.10 Å². The minimum absolute atomic E-state index is 0.254. The minimum atomic E-state index is -0.959. The smallest absolute Gasteiger partial charge is 0.335 e. The standard InChI is InChI=1S/C17H17N3O2S/c1-12-7-8-14(9-15(12)16(21)22)10-19-20-17(18)23-11-13-5-3-2-4-6-13/h2-10H,11H2,1H3,(H2,18,20)(H,21,22). The summed E-state index contributed by atoms with van der Waals surface area (Å²) < 4.78 is 0. The van der Waals surface area contributed by atoms with Gasteiger partial charge in [-0.1, -0.05) is 54.2 Å². The lowest BCUT2D eigenvalue weighted by Gasteiger charge is -2.01. The number of nitrogens with two attached hydrogens (primary N) is 1. The summed E-state index contributed by atoms with van der Waals surface area (Å²) in [6.45, 7) is 1.75. The molecule has 0 saturated heterocycles. The lowest BCUT2D eigenvalue weighted by atomic mass is 10.1. The number of thioether (sulfide) groups is 1. The molecule has 0 aromatic heterocycles. The molecule has 2 aromatic carbocycles. The van der Waals surface area contributed by atoms with Crippen LogP contribution in [0.5, 0.6) is 0 Å². The van der Waals surface area contributed by atoms with Gasteiger partial charge in [0.2, 0.25) is 0 Å². The number of benzene rings is 2. The van der Waals surface area contributed by atoms with Gasteiger partial charge in [0.25, 0.3) is 0 Å². The average Bonchev–Trinajstić information content (AvgIpc) is 2.55. The highest BCUT2D eigenvalue weighted by Crippen LogP contribution is 2.12. The predicted molar refractivity (Wildman–Crippen MR) is 95.1 cm³/mol. The second-order valence-corrected chi connectivity index (χ2v) is 5.83. The van der Waals surface area contributed by atoms with Gasteiger partial charge in [0.05, 0.1) is 11.8 Å². The van der Waals surface area contributed by atoms with Crippen molar-refractivity contribution < 1.29 is 9.90 Å². The Balaban J connectivity index is 1.97. The molecule has 0 amide bonds. The first-order valence-corrected chi connectivity index (χ1v) is 7.92. The van der Waals surface area contributed by atoms with E-state index in [1.54, 1.807) is 25.1 Å². The first-order chi connectivity index (χ1) is 11.1. The first kappa shape index (κ1) is 16.8. The lowest BCUT2D eigenvalue weighted by molar-refractivity contribution is 0.0696. The van der Waals surface area contributed by atoms with Gasteiger partial charge in [-0.2, -0.15) is 5.10 Å². The number of carboxylic acid groups (broad SMARTS) is 1. The van der Waals surface area contributed by atoms with E-state index in [1.807, 2.05) is 30.3 Å². The number of rotatable bonds is 5. The Labute approximate surface area is 138 Å². The van der Waals surface area contributed by atoms with Crippen molar-refractivity contribution in [3.63, 3.8) is 0 Å². The maximum Gasteiger partial charge on any atom is 0.335 e. The zero-order valence-corrected chi connectivity index (χ0v) is 13.5. The van der Waals surface area contributed by atoms with Crippen LogP contribution in [0.3, 0.4) is 0 Å². The summed E-state index contributed by atoms with van der Waals surface area (Å²) in [6.07, 6.45) is 1.49. The maximum atomic E-state index is 11.1. The Morgan fingerprint density at radius 1 is 1.26 bits per heavy atom. The van der Waals surface area contributed by atoms with Crippen molar-refractivity contribution in [3.8, 4) is 0 Å². The third-order valence-electron chi connectivity index (χ3n) is 3.08. The van der Waals surface area contributed by atoms with Crippen LogP contribution in [0.2, 0.25) is 0 Å². The average molecular weight is 327 g/mol. The van der Waals surface area contributed by atoms with Gasteiger partial charge in [-0.05, 0) is 29.7 Å². The summed E-state index contributed by atoms with van der Waals surface area (Å²) in [5, 5.41) is 17.3. The van der Waals surface area contributed by atoms with E-state index >= 15 is 0 Å². The Kier molecular flexibility index (Phi) is 5.94. The van der Waals surface area contributed by atoms with Crippen LogP contribution in [0.15, 0.2) is 58.7 Å². The molecule has 0 saturated carbocycles. The van der Waals surface area contributed by atoms with E-state index in [4.69, 9.17) is 10.8 Å². The van der Waals surface area contributed by atoms with E-state index in [0.29, 0.717) is 16.3 Å². The van der Waals surface area contributed by atoms with Crippen LogP contribution < -0.4 is 5.73 Å². The van der Waals surface area contributed by atoms with Crippen molar-refractivity contribution in [2.45, 2.75) is 12.7 Å². The Morgan fingerprint density at radius 2 is 2.00 bits per heavy atom. The molecule has 0 unspecified atom stereocenters. The Bertz CT molecular complexity index is 743. The number of carboxylic acids is 1. The van der Waals surface area contributed by atoms with Crippen molar-refractivity contribution >= 4 is 29.1 Å². The number of aryl methyl sites for hydroxylation is 1. The fourth-order valence-corrected chi connectivity index (χ4v) is 2.48. The molecule has 0 bridgehead atoms. The molecular weight excluding hydrogens is 310 g/mol. The van der Waals surface area contributed by atoms with E-state index in [1.165, 1.54) is 18.0 Å². The number of hydrogen-bond acceptors (Lipinski definition) is 4. The SMILES string of the molecule is Cc1ccc(C=NN=C(N)SCc2ccccc2)cc1C(=O)O. The number of aromatic carboxylic acids is 1. The predicted octanol–water partition coefficient (Wildman–Crippen LogP) is 3.28. The molecule has 5 nitrogen and oxygen atoms in total. The van der Waals surface area contributed by atoms with Crippen molar-refractivity contribution in [2.24, 2.45) is 15.9 Å². The minimum Gasteiger partial charge on any atom is -0.478 e. The van der Waals surface area contributed by atoms with Crippen molar-refractivity contribution in [2.75, 3.05) is 0 Å². The normalized spacial score (nSPS) is 11.8. The number of nitrogens with zero attached hydrogens (tertiary/aromatic N) is 2. The molecule has 23 heavy (non-hydrogen) atoms. The van der Waals surface area contributed by atoms with Crippen molar-refractivity contribution in [3.05, 3.63) is 70.8 Å². The number of hydrogen-bond donors (Lipinski definition) is 2. The molecule has 0 aliphatic carbocycles. The van der Waals surface area contributed by atoms with Gasteiger partial charge < -0.3 is 10.8 Å². The maximum absolute atomic E-state index is 11.1. The highest BCUT2D eigenvalue weighted by molar-refractivity contribution is 8.13. The van der Waals surface area contributed by atoms with Crippen molar-refractivity contribution in [1.29, 1.82) is 0 Å². The molecule has 2 rings (SSSR count). The highest BCUT2D eigenvalue weighted by Gasteiger charge is 2.06. The topological polar surface area (TPSA) is 88.0 Å². The lowest BCUT2D eigenvalue weighted by Crippen LogP contribution is -2.06. The quantitative estimate of drug-likeness (QED) is 0.501. The van der Waals surface area contributed by atoms with Crippen LogP contribution in [0, 0.1) is 6.92 Å². The number of amidine groups is 1. The van der Waals surface area contributed by atoms with Gasteiger partial charge in [-0.25, -0.2) is 4.79 Å². The summed E-state index contributed by atoms with van der Waals surface area (Å²) >= 11 is 1.40. The number of carbonyl (C=O) groups is 1. The molecule has 6 heteroatoms.